The minimum atomic E-state index is -4.33. The Morgan fingerprint density at radius 1 is 0.818 bits per heavy atom. The zero-order chi connectivity index (χ0) is 15.6. The number of alkyl halides is 3. The number of halogens is 3. The van der Waals surface area contributed by atoms with Crippen molar-refractivity contribution in [2.75, 3.05) is 0 Å². The van der Waals surface area contributed by atoms with Crippen LogP contribution in [0, 0.1) is 0 Å². The van der Waals surface area contributed by atoms with Crippen LogP contribution in [-0.2, 0) is 6.18 Å². The second-order valence-corrected chi connectivity index (χ2v) is 4.91. The van der Waals surface area contributed by atoms with Gasteiger partial charge in [0.2, 0.25) is 0 Å². The van der Waals surface area contributed by atoms with Gasteiger partial charge in [0.1, 0.15) is 0 Å². The molecule has 0 aliphatic rings. The fourth-order valence-electron chi connectivity index (χ4n) is 2.19. The Balaban J connectivity index is 1.89. The van der Waals surface area contributed by atoms with Crippen LogP contribution < -0.4 is 0 Å². The maximum atomic E-state index is 12.7. The number of aromatic nitrogens is 1. The van der Waals surface area contributed by atoms with Gasteiger partial charge in [0, 0.05) is 11.6 Å². The summed E-state index contributed by atoms with van der Waals surface area (Å²) < 4.78 is 38.0. The van der Waals surface area contributed by atoms with Gasteiger partial charge >= 0.3 is 6.18 Å². The van der Waals surface area contributed by atoms with Gasteiger partial charge in [-0.2, -0.15) is 13.2 Å². The fraction of sp³-hybridized carbons (Fsp3) is 0.0556. The second kappa shape index (κ2) is 5.64. The predicted molar refractivity (Wildman–Crippen MR) is 82.1 cm³/mol. The number of hydrogen-bond donors (Lipinski definition) is 0. The third-order valence-electron chi connectivity index (χ3n) is 3.31. The summed E-state index contributed by atoms with van der Waals surface area (Å²) in [6, 6.07) is 14.9. The molecular formula is C18H12F3N. The molecule has 0 saturated carbocycles. The highest BCUT2D eigenvalue weighted by atomic mass is 19.4. The van der Waals surface area contributed by atoms with E-state index in [4.69, 9.17) is 0 Å². The normalized spacial score (nSPS) is 12.1. The molecule has 0 aliphatic carbocycles. The number of rotatable bonds is 2. The number of pyridine rings is 1. The average molecular weight is 299 g/mol. The fourth-order valence-corrected chi connectivity index (χ4v) is 2.19. The molecule has 22 heavy (non-hydrogen) atoms. The van der Waals surface area contributed by atoms with Gasteiger partial charge in [0.25, 0.3) is 0 Å². The van der Waals surface area contributed by atoms with Crippen LogP contribution in [0.2, 0.25) is 0 Å². The number of hydrogen-bond acceptors (Lipinski definition) is 1. The van der Waals surface area contributed by atoms with Gasteiger partial charge in [-0.15, -0.1) is 0 Å². The molecule has 0 saturated heterocycles. The third-order valence-corrected chi connectivity index (χ3v) is 3.31. The third kappa shape index (κ3) is 3.17. The summed E-state index contributed by atoms with van der Waals surface area (Å²) in [6.45, 7) is 0. The Labute approximate surface area is 125 Å². The predicted octanol–water partition coefficient (Wildman–Crippen LogP) is 5.42. The van der Waals surface area contributed by atoms with E-state index in [0.717, 1.165) is 22.9 Å². The van der Waals surface area contributed by atoms with Crippen LogP contribution in [0.25, 0.3) is 22.9 Å². The molecule has 0 spiro atoms. The van der Waals surface area contributed by atoms with Crippen LogP contribution in [0.15, 0.2) is 60.8 Å². The molecule has 1 aromatic heterocycles. The Hall–Kier alpha value is -2.62. The van der Waals surface area contributed by atoms with Crippen molar-refractivity contribution in [2.24, 2.45) is 0 Å². The van der Waals surface area contributed by atoms with Crippen molar-refractivity contribution in [1.82, 2.24) is 4.98 Å². The van der Waals surface area contributed by atoms with E-state index in [2.05, 4.69) is 4.98 Å². The summed E-state index contributed by atoms with van der Waals surface area (Å²) in [5.74, 6) is 0. The highest BCUT2D eigenvalue weighted by Gasteiger charge is 2.30. The lowest BCUT2D eigenvalue weighted by molar-refractivity contribution is -0.137. The van der Waals surface area contributed by atoms with E-state index in [1.54, 1.807) is 24.4 Å². The molecule has 0 N–H and O–H groups in total. The minimum absolute atomic E-state index is 0.491. The molecule has 3 aromatic rings. The van der Waals surface area contributed by atoms with Gasteiger partial charge in [-0.25, -0.2) is 0 Å². The lowest BCUT2D eigenvalue weighted by Crippen LogP contribution is -2.04. The van der Waals surface area contributed by atoms with E-state index in [9.17, 15) is 13.2 Å². The average Bonchev–Trinajstić information content (AvgIpc) is 2.52. The van der Waals surface area contributed by atoms with Crippen molar-refractivity contribution in [3.63, 3.8) is 0 Å². The standard InChI is InChI=1S/C18H12F3N/c19-18(20,21)16-7-3-4-13(10-16)8-9-17-11-14-5-1-2-6-15(14)12-22-17/h1-12H/b9-8+. The van der Waals surface area contributed by atoms with E-state index < -0.39 is 11.7 Å². The highest BCUT2D eigenvalue weighted by molar-refractivity contribution is 5.84. The summed E-state index contributed by atoms with van der Waals surface area (Å²) >= 11 is 0. The SMILES string of the molecule is FC(F)(F)c1cccc(/C=C/c2cc3ccccc3cn2)c1. The summed E-state index contributed by atoms with van der Waals surface area (Å²) in [5.41, 5.74) is 0.544. The molecule has 1 heterocycles. The Bertz CT molecular complexity index is 835. The van der Waals surface area contributed by atoms with Gasteiger partial charge in [-0.3, -0.25) is 4.98 Å². The first-order valence-corrected chi connectivity index (χ1v) is 6.72. The van der Waals surface area contributed by atoms with Gasteiger partial charge in [0.15, 0.2) is 0 Å². The van der Waals surface area contributed by atoms with Crippen LogP contribution in [0.3, 0.4) is 0 Å². The molecule has 0 unspecified atom stereocenters. The van der Waals surface area contributed by atoms with Crippen molar-refractivity contribution in [2.45, 2.75) is 6.18 Å². The van der Waals surface area contributed by atoms with Crippen LogP contribution in [0.5, 0.6) is 0 Å². The Morgan fingerprint density at radius 2 is 1.59 bits per heavy atom. The monoisotopic (exact) mass is 299 g/mol. The van der Waals surface area contributed by atoms with E-state index in [0.29, 0.717) is 11.3 Å². The molecule has 2 aromatic carbocycles. The van der Waals surface area contributed by atoms with Crippen molar-refractivity contribution in [3.8, 4) is 0 Å². The quantitative estimate of drug-likeness (QED) is 0.615. The molecule has 0 fully saturated rings. The highest BCUT2D eigenvalue weighted by Crippen LogP contribution is 2.29. The molecule has 0 atom stereocenters. The maximum absolute atomic E-state index is 12.7. The molecular weight excluding hydrogens is 287 g/mol. The molecule has 3 rings (SSSR count). The van der Waals surface area contributed by atoms with Crippen molar-refractivity contribution in [1.29, 1.82) is 0 Å². The summed E-state index contributed by atoms with van der Waals surface area (Å²) in [5, 5.41) is 2.07. The maximum Gasteiger partial charge on any atom is 0.416 e. The molecule has 0 aliphatic heterocycles. The van der Waals surface area contributed by atoms with Gasteiger partial charge in [-0.1, -0.05) is 42.5 Å². The first kappa shape index (κ1) is 14.3. The van der Waals surface area contributed by atoms with Crippen molar-refractivity contribution in [3.05, 3.63) is 77.6 Å². The summed E-state index contributed by atoms with van der Waals surface area (Å²) in [4.78, 5) is 4.28. The molecule has 0 radical (unpaired) electrons. The first-order valence-electron chi connectivity index (χ1n) is 6.72. The number of fused-ring (bicyclic) bond motifs is 1. The van der Waals surface area contributed by atoms with E-state index in [-0.39, 0.29) is 0 Å². The van der Waals surface area contributed by atoms with Crippen molar-refractivity contribution >= 4 is 22.9 Å². The van der Waals surface area contributed by atoms with Crippen LogP contribution in [-0.4, -0.2) is 4.98 Å². The Kier molecular flexibility index (Phi) is 3.67. The smallest absolute Gasteiger partial charge is 0.256 e. The number of nitrogens with zero attached hydrogens (tertiary/aromatic N) is 1. The lowest BCUT2D eigenvalue weighted by atomic mass is 10.1. The van der Waals surface area contributed by atoms with Gasteiger partial charge < -0.3 is 0 Å². The first-order chi connectivity index (χ1) is 10.5. The van der Waals surface area contributed by atoms with Crippen molar-refractivity contribution < 1.29 is 13.2 Å². The topological polar surface area (TPSA) is 12.9 Å². The molecule has 0 amide bonds. The van der Waals surface area contributed by atoms with Crippen LogP contribution >= 0.6 is 0 Å². The zero-order valence-electron chi connectivity index (χ0n) is 11.5. The largest absolute Gasteiger partial charge is 0.416 e. The van der Waals surface area contributed by atoms with Gasteiger partial charge in [-0.05, 0) is 35.2 Å². The molecule has 110 valence electrons. The summed E-state index contributed by atoms with van der Waals surface area (Å²) in [6.07, 6.45) is 0.764. The van der Waals surface area contributed by atoms with E-state index in [1.807, 2.05) is 30.3 Å². The summed E-state index contributed by atoms with van der Waals surface area (Å²) in [7, 11) is 0. The number of benzene rings is 2. The second-order valence-electron chi connectivity index (χ2n) is 4.91. The minimum Gasteiger partial charge on any atom is -0.256 e. The van der Waals surface area contributed by atoms with E-state index >= 15 is 0 Å². The molecule has 0 bridgehead atoms. The van der Waals surface area contributed by atoms with Gasteiger partial charge in [0.05, 0.1) is 11.3 Å². The lowest BCUT2D eigenvalue weighted by Gasteiger charge is -2.06. The Morgan fingerprint density at radius 3 is 2.36 bits per heavy atom. The molecule has 1 nitrogen and oxygen atoms in total. The van der Waals surface area contributed by atoms with E-state index in [1.165, 1.54) is 6.07 Å². The zero-order valence-corrected chi connectivity index (χ0v) is 11.5. The van der Waals surface area contributed by atoms with Crippen LogP contribution in [0.4, 0.5) is 13.2 Å². The molecule has 4 heteroatoms. The van der Waals surface area contributed by atoms with Crippen LogP contribution in [0.1, 0.15) is 16.8 Å².